The van der Waals surface area contributed by atoms with Gasteiger partial charge in [0.05, 0.1) is 0 Å². The molecule has 1 fully saturated rings. The average molecular weight is 408 g/mol. The van der Waals surface area contributed by atoms with E-state index >= 15 is 0 Å². The zero-order valence-corrected chi connectivity index (χ0v) is 16.9. The van der Waals surface area contributed by atoms with E-state index in [-0.39, 0.29) is 5.91 Å². The van der Waals surface area contributed by atoms with Crippen LogP contribution in [0.4, 0.5) is 17.3 Å². The van der Waals surface area contributed by atoms with Crippen LogP contribution in [0.2, 0.25) is 5.02 Å². The molecule has 0 aliphatic carbocycles. The molecule has 0 saturated carbocycles. The van der Waals surface area contributed by atoms with E-state index in [2.05, 4.69) is 27.3 Å². The summed E-state index contributed by atoms with van der Waals surface area (Å²) >= 11 is 6.00. The smallest absolute Gasteiger partial charge is 0.254 e. The molecule has 0 bridgehead atoms. The molecule has 1 amide bonds. The Kier molecular flexibility index (Phi) is 5.62. The molecule has 148 valence electrons. The normalized spacial score (nSPS) is 14.0. The Morgan fingerprint density at radius 3 is 2.38 bits per heavy atom. The van der Waals surface area contributed by atoms with Crippen LogP contribution in [-0.4, -0.2) is 47.2 Å². The van der Waals surface area contributed by atoms with Gasteiger partial charge in [-0.15, -0.1) is 10.2 Å². The van der Waals surface area contributed by atoms with E-state index in [4.69, 9.17) is 11.6 Å². The van der Waals surface area contributed by atoms with Gasteiger partial charge in [-0.3, -0.25) is 4.79 Å². The second kappa shape index (κ2) is 8.49. The summed E-state index contributed by atoms with van der Waals surface area (Å²) in [6.45, 7) is 4.75. The lowest BCUT2D eigenvalue weighted by molar-refractivity contribution is 0.0746. The Labute approximate surface area is 175 Å². The molecule has 7 heteroatoms. The van der Waals surface area contributed by atoms with Crippen molar-refractivity contribution in [1.29, 1.82) is 0 Å². The molecule has 0 radical (unpaired) electrons. The third kappa shape index (κ3) is 4.66. The average Bonchev–Trinajstić information content (AvgIpc) is 2.75. The van der Waals surface area contributed by atoms with Crippen molar-refractivity contribution < 1.29 is 4.79 Å². The van der Waals surface area contributed by atoms with Gasteiger partial charge in [0.1, 0.15) is 0 Å². The van der Waals surface area contributed by atoms with Crippen molar-refractivity contribution in [1.82, 2.24) is 15.1 Å². The molecule has 1 aliphatic rings. The second-order valence-corrected chi connectivity index (χ2v) is 7.49. The van der Waals surface area contributed by atoms with Gasteiger partial charge in [0.2, 0.25) is 0 Å². The van der Waals surface area contributed by atoms with Gasteiger partial charge < -0.3 is 15.1 Å². The van der Waals surface area contributed by atoms with Crippen LogP contribution >= 0.6 is 11.6 Å². The molecular formula is C22H22ClN5O. The molecule has 1 saturated heterocycles. The fourth-order valence-corrected chi connectivity index (χ4v) is 3.48. The molecule has 0 unspecified atom stereocenters. The first kappa shape index (κ1) is 19.2. The highest BCUT2D eigenvalue weighted by Gasteiger charge is 2.23. The first-order chi connectivity index (χ1) is 14.1. The van der Waals surface area contributed by atoms with Crippen LogP contribution in [0.1, 0.15) is 15.9 Å². The third-order valence-electron chi connectivity index (χ3n) is 4.94. The van der Waals surface area contributed by atoms with Crippen molar-refractivity contribution in [3.8, 4) is 0 Å². The number of rotatable bonds is 4. The van der Waals surface area contributed by atoms with Crippen molar-refractivity contribution in [2.75, 3.05) is 36.4 Å². The molecule has 2 aromatic carbocycles. The number of carbonyl (C=O) groups excluding carboxylic acids is 1. The van der Waals surface area contributed by atoms with Crippen molar-refractivity contribution in [2.45, 2.75) is 6.92 Å². The lowest BCUT2D eigenvalue weighted by Crippen LogP contribution is -2.49. The van der Waals surface area contributed by atoms with Gasteiger partial charge in [-0.2, -0.15) is 0 Å². The van der Waals surface area contributed by atoms with Gasteiger partial charge in [0, 0.05) is 42.5 Å². The standard InChI is InChI=1S/C22H22ClN5O/c1-16-5-7-19(8-6-16)24-20-9-10-21(26-25-20)27-11-13-28(14-12-27)22(29)17-3-2-4-18(23)15-17/h2-10,15H,11-14H2,1H3,(H,24,25). The number of benzene rings is 2. The van der Waals surface area contributed by atoms with Gasteiger partial charge in [-0.05, 0) is 49.4 Å². The molecular weight excluding hydrogens is 386 g/mol. The van der Waals surface area contributed by atoms with Crippen LogP contribution < -0.4 is 10.2 Å². The van der Waals surface area contributed by atoms with E-state index in [9.17, 15) is 4.79 Å². The summed E-state index contributed by atoms with van der Waals surface area (Å²) in [6, 6.07) is 19.1. The van der Waals surface area contributed by atoms with E-state index in [0.717, 1.165) is 11.5 Å². The molecule has 0 spiro atoms. The number of piperazine rings is 1. The maximum atomic E-state index is 12.6. The highest BCUT2D eigenvalue weighted by molar-refractivity contribution is 6.30. The first-order valence-electron chi connectivity index (χ1n) is 9.56. The van der Waals surface area contributed by atoms with E-state index in [1.165, 1.54) is 5.56 Å². The highest BCUT2D eigenvalue weighted by Crippen LogP contribution is 2.19. The second-order valence-electron chi connectivity index (χ2n) is 7.06. The Balaban J connectivity index is 1.35. The fraction of sp³-hybridized carbons (Fsp3) is 0.227. The van der Waals surface area contributed by atoms with Crippen LogP contribution in [0.25, 0.3) is 0 Å². The minimum atomic E-state index is 0.0101. The van der Waals surface area contributed by atoms with Crippen LogP contribution in [0, 0.1) is 6.92 Å². The Morgan fingerprint density at radius 2 is 1.72 bits per heavy atom. The van der Waals surface area contributed by atoms with Gasteiger partial charge >= 0.3 is 0 Å². The van der Waals surface area contributed by atoms with Gasteiger partial charge in [0.25, 0.3) is 5.91 Å². The zero-order chi connectivity index (χ0) is 20.2. The first-order valence-corrected chi connectivity index (χ1v) is 9.93. The van der Waals surface area contributed by atoms with Gasteiger partial charge in [0.15, 0.2) is 11.6 Å². The summed E-state index contributed by atoms with van der Waals surface area (Å²) in [7, 11) is 0. The van der Waals surface area contributed by atoms with Gasteiger partial charge in [-0.25, -0.2) is 0 Å². The highest BCUT2D eigenvalue weighted by atomic mass is 35.5. The number of aryl methyl sites for hydroxylation is 1. The maximum Gasteiger partial charge on any atom is 0.254 e. The topological polar surface area (TPSA) is 61.4 Å². The Bertz CT molecular complexity index is 983. The quantitative estimate of drug-likeness (QED) is 0.704. The zero-order valence-electron chi connectivity index (χ0n) is 16.2. The lowest BCUT2D eigenvalue weighted by atomic mass is 10.2. The molecule has 2 heterocycles. The summed E-state index contributed by atoms with van der Waals surface area (Å²) in [5.74, 6) is 1.53. The number of nitrogens with zero attached hydrogens (tertiary/aromatic N) is 4. The predicted octanol–water partition coefficient (Wildman–Crippen LogP) is 4.14. The SMILES string of the molecule is Cc1ccc(Nc2ccc(N3CCN(C(=O)c4cccc(Cl)c4)CC3)nn2)cc1. The number of nitrogens with one attached hydrogen (secondary N) is 1. The van der Waals surface area contributed by atoms with E-state index in [1.54, 1.807) is 24.3 Å². The van der Waals surface area contributed by atoms with Crippen molar-refractivity contribution >= 4 is 34.8 Å². The summed E-state index contributed by atoms with van der Waals surface area (Å²) < 4.78 is 0. The number of anilines is 3. The van der Waals surface area contributed by atoms with E-state index in [1.807, 2.05) is 41.3 Å². The van der Waals surface area contributed by atoms with Crippen LogP contribution in [0.5, 0.6) is 0 Å². The number of hydrogen-bond donors (Lipinski definition) is 1. The molecule has 3 aromatic rings. The predicted molar refractivity (Wildman–Crippen MR) is 116 cm³/mol. The number of carbonyl (C=O) groups is 1. The molecule has 29 heavy (non-hydrogen) atoms. The van der Waals surface area contributed by atoms with Crippen LogP contribution in [-0.2, 0) is 0 Å². The largest absolute Gasteiger partial charge is 0.352 e. The van der Waals surface area contributed by atoms with E-state index < -0.39 is 0 Å². The summed E-state index contributed by atoms with van der Waals surface area (Å²) in [4.78, 5) is 16.6. The van der Waals surface area contributed by atoms with Crippen molar-refractivity contribution in [3.63, 3.8) is 0 Å². The summed E-state index contributed by atoms with van der Waals surface area (Å²) in [5.41, 5.74) is 2.81. The number of aromatic nitrogens is 2. The maximum absolute atomic E-state index is 12.6. The molecule has 4 rings (SSSR count). The van der Waals surface area contributed by atoms with Crippen LogP contribution in [0.15, 0.2) is 60.7 Å². The number of amides is 1. The molecule has 1 aromatic heterocycles. The molecule has 0 atom stereocenters. The lowest BCUT2D eigenvalue weighted by Gasteiger charge is -2.35. The monoisotopic (exact) mass is 407 g/mol. The van der Waals surface area contributed by atoms with Crippen molar-refractivity contribution in [3.05, 3.63) is 76.8 Å². The minimum Gasteiger partial charge on any atom is -0.352 e. The Morgan fingerprint density at radius 1 is 0.966 bits per heavy atom. The van der Waals surface area contributed by atoms with Crippen LogP contribution in [0.3, 0.4) is 0 Å². The number of hydrogen-bond acceptors (Lipinski definition) is 5. The summed E-state index contributed by atoms with van der Waals surface area (Å²) in [6.07, 6.45) is 0. The minimum absolute atomic E-state index is 0.0101. The van der Waals surface area contributed by atoms with E-state index in [0.29, 0.717) is 42.6 Å². The molecule has 1 N–H and O–H groups in total. The van der Waals surface area contributed by atoms with Crippen molar-refractivity contribution in [2.24, 2.45) is 0 Å². The number of halogens is 1. The molecule has 6 nitrogen and oxygen atoms in total. The Hall–Kier alpha value is -3.12. The fourth-order valence-electron chi connectivity index (χ4n) is 3.29. The molecule has 1 aliphatic heterocycles. The summed E-state index contributed by atoms with van der Waals surface area (Å²) in [5, 5.41) is 12.5. The third-order valence-corrected chi connectivity index (χ3v) is 5.17. The van der Waals surface area contributed by atoms with Gasteiger partial charge in [-0.1, -0.05) is 35.4 Å².